The van der Waals surface area contributed by atoms with Gasteiger partial charge >= 0.3 is 0 Å². The van der Waals surface area contributed by atoms with Gasteiger partial charge in [-0.25, -0.2) is 0 Å². The average molecular weight is 326 g/mol. The number of hydrogen-bond donors (Lipinski definition) is 1. The van der Waals surface area contributed by atoms with Crippen molar-refractivity contribution in [3.05, 3.63) is 101 Å². The van der Waals surface area contributed by atoms with Gasteiger partial charge in [0, 0.05) is 5.56 Å². The van der Waals surface area contributed by atoms with Crippen molar-refractivity contribution in [1.82, 2.24) is 0 Å². The number of carbonyl (C=O) groups excluding carboxylic acids is 1. The Morgan fingerprint density at radius 3 is 1.52 bits per heavy atom. The van der Waals surface area contributed by atoms with Gasteiger partial charge < -0.3 is 5.11 Å². The molecule has 0 spiro atoms. The maximum Gasteiger partial charge on any atom is 0.150 e. The molecule has 0 aliphatic heterocycles. The monoisotopic (exact) mass is 326 g/mol. The smallest absolute Gasteiger partial charge is 0.150 e. The Bertz CT molecular complexity index is 902. The highest BCUT2D eigenvalue weighted by atomic mass is 16.3. The second-order valence-corrected chi connectivity index (χ2v) is 5.71. The van der Waals surface area contributed by atoms with E-state index >= 15 is 0 Å². The van der Waals surface area contributed by atoms with Crippen LogP contribution in [0, 0.1) is 0 Å². The van der Waals surface area contributed by atoms with Gasteiger partial charge in [-0.15, -0.1) is 0 Å². The second kappa shape index (κ2) is 7.93. The van der Waals surface area contributed by atoms with Crippen molar-refractivity contribution >= 4 is 30.6 Å². The van der Waals surface area contributed by atoms with E-state index in [1.807, 2.05) is 54.6 Å². The lowest BCUT2D eigenvalue weighted by atomic mass is 10.1. The first-order chi connectivity index (χ1) is 12.2. The van der Waals surface area contributed by atoms with Crippen molar-refractivity contribution < 1.29 is 9.90 Å². The number of benzene rings is 3. The van der Waals surface area contributed by atoms with Crippen LogP contribution in [0.4, 0.5) is 0 Å². The van der Waals surface area contributed by atoms with Gasteiger partial charge in [-0.3, -0.25) is 4.79 Å². The molecule has 0 saturated heterocycles. The lowest BCUT2D eigenvalue weighted by Gasteiger charge is -1.98. The molecule has 0 saturated carbocycles. The van der Waals surface area contributed by atoms with E-state index in [-0.39, 0.29) is 5.75 Å². The van der Waals surface area contributed by atoms with Gasteiger partial charge in [0.1, 0.15) is 12.0 Å². The molecular weight excluding hydrogens is 308 g/mol. The van der Waals surface area contributed by atoms with Crippen molar-refractivity contribution in [3.8, 4) is 5.75 Å². The van der Waals surface area contributed by atoms with Crippen LogP contribution < -0.4 is 0 Å². The molecule has 1 N–H and O–H groups in total. The highest BCUT2D eigenvalue weighted by molar-refractivity contribution is 5.78. The number of phenols is 1. The number of carbonyl (C=O) groups is 1. The zero-order chi connectivity index (χ0) is 17.5. The van der Waals surface area contributed by atoms with Gasteiger partial charge in [0.25, 0.3) is 0 Å². The largest absolute Gasteiger partial charge is 0.508 e. The summed E-state index contributed by atoms with van der Waals surface area (Å²) in [6.07, 6.45) is 8.92. The molecule has 25 heavy (non-hydrogen) atoms. The molecule has 0 aliphatic carbocycles. The SMILES string of the molecule is O=Cc1cccc(/C=C/c2ccc(/C=C/c3ccc(O)cc3)cc2)c1. The van der Waals surface area contributed by atoms with Crippen molar-refractivity contribution in [1.29, 1.82) is 0 Å². The van der Waals surface area contributed by atoms with Crippen molar-refractivity contribution in [3.63, 3.8) is 0 Å². The van der Waals surface area contributed by atoms with E-state index in [0.29, 0.717) is 5.56 Å². The summed E-state index contributed by atoms with van der Waals surface area (Å²) in [6, 6.07) is 22.8. The molecule has 0 aliphatic rings. The van der Waals surface area contributed by atoms with E-state index in [0.717, 1.165) is 28.5 Å². The topological polar surface area (TPSA) is 37.3 Å². The molecule has 0 unspecified atom stereocenters. The van der Waals surface area contributed by atoms with Crippen LogP contribution in [0.15, 0.2) is 72.8 Å². The number of aromatic hydroxyl groups is 1. The van der Waals surface area contributed by atoms with Crippen LogP contribution >= 0.6 is 0 Å². The van der Waals surface area contributed by atoms with E-state index in [9.17, 15) is 9.90 Å². The average Bonchev–Trinajstić information content (AvgIpc) is 2.67. The summed E-state index contributed by atoms with van der Waals surface area (Å²) in [5.74, 6) is 0.270. The molecule has 0 fully saturated rings. The number of phenolic OH excluding ortho intramolecular Hbond substituents is 1. The Balaban J connectivity index is 1.68. The number of hydrogen-bond acceptors (Lipinski definition) is 2. The molecule has 3 aromatic rings. The van der Waals surface area contributed by atoms with Crippen molar-refractivity contribution in [2.24, 2.45) is 0 Å². The molecular formula is C23H18O2. The minimum Gasteiger partial charge on any atom is -0.508 e. The Morgan fingerprint density at radius 1 is 0.560 bits per heavy atom. The van der Waals surface area contributed by atoms with Crippen LogP contribution in [-0.4, -0.2) is 11.4 Å². The first kappa shape index (κ1) is 16.5. The van der Waals surface area contributed by atoms with Gasteiger partial charge in [-0.05, 0) is 40.5 Å². The molecule has 0 aromatic heterocycles. The van der Waals surface area contributed by atoms with Gasteiger partial charge in [-0.1, -0.05) is 78.9 Å². The minimum absolute atomic E-state index is 0.270. The van der Waals surface area contributed by atoms with E-state index < -0.39 is 0 Å². The Kier molecular flexibility index (Phi) is 5.22. The molecule has 3 aromatic carbocycles. The molecule has 3 rings (SSSR count). The third kappa shape index (κ3) is 4.79. The summed E-state index contributed by atoms with van der Waals surface area (Å²) in [5, 5.41) is 9.29. The van der Waals surface area contributed by atoms with Crippen molar-refractivity contribution in [2.75, 3.05) is 0 Å². The Morgan fingerprint density at radius 2 is 1.00 bits per heavy atom. The van der Waals surface area contributed by atoms with E-state index in [1.54, 1.807) is 18.2 Å². The third-order valence-electron chi connectivity index (χ3n) is 3.81. The molecule has 2 heteroatoms. The summed E-state index contributed by atoms with van der Waals surface area (Å²) in [4.78, 5) is 10.8. The third-order valence-corrected chi connectivity index (χ3v) is 3.81. The molecule has 0 heterocycles. The van der Waals surface area contributed by atoms with E-state index in [4.69, 9.17) is 0 Å². The van der Waals surface area contributed by atoms with Gasteiger partial charge in [0.05, 0.1) is 0 Å². The second-order valence-electron chi connectivity index (χ2n) is 5.71. The summed E-state index contributed by atoms with van der Waals surface area (Å²) < 4.78 is 0. The predicted octanol–water partition coefficient (Wildman–Crippen LogP) is 5.55. The fourth-order valence-corrected chi connectivity index (χ4v) is 2.42. The highest BCUT2D eigenvalue weighted by Gasteiger charge is 1.93. The maximum atomic E-state index is 10.8. The maximum absolute atomic E-state index is 10.8. The Hall–Kier alpha value is -3.39. The summed E-state index contributed by atoms with van der Waals surface area (Å²) in [6.45, 7) is 0. The molecule has 0 atom stereocenters. The van der Waals surface area contributed by atoms with Crippen LogP contribution in [0.5, 0.6) is 5.75 Å². The summed E-state index contributed by atoms with van der Waals surface area (Å²) in [5.41, 5.74) is 4.92. The normalized spacial score (nSPS) is 11.2. The van der Waals surface area contributed by atoms with Crippen LogP contribution in [-0.2, 0) is 0 Å². The lowest BCUT2D eigenvalue weighted by molar-refractivity contribution is 0.112. The summed E-state index contributed by atoms with van der Waals surface area (Å²) in [7, 11) is 0. The lowest BCUT2D eigenvalue weighted by Crippen LogP contribution is -1.80. The van der Waals surface area contributed by atoms with E-state index in [1.165, 1.54) is 0 Å². The van der Waals surface area contributed by atoms with Crippen LogP contribution in [0.1, 0.15) is 32.6 Å². The fraction of sp³-hybridized carbons (Fsp3) is 0. The first-order valence-corrected chi connectivity index (χ1v) is 8.03. The molecule has 122 valence electrons. The first-order valence-electron chi connectivity index (χ1n) is 8.03. The standard InChI is InChI=1S/C23H18O2/c24-17-22-3-1-2-21(16-22)11-10-19-6-4-18(5-7-19)8-9-20-12-14-23(25)15-13-20/h1-17,25H/b9-8+,11-10+. The number of aldehydes is 1. The summed E-state index contributed by atoms with van der Waals surface area (Å²) >= 11 is 0. The molecule has 2 nitrogen and oxygen atoms in total. The van der Waals surface area contributed by atoms with Gasteiger partial charge in [-0.2, -0.15) is 0 Å². The van der Waals surface area contributed by atoms with Crippen LogP contribution in [0.25, 0.3) is 24.3 Å². The predicted molar refractivity (Wildman–Crippen MR) is 104 cm³/mol. The molecule has 0 amide bonds. The van der Waals surface area contributed by atoms with E-state index in [2.05, 4.69) is 24.3 Å². The highest BCUT2D eigenvalue weighted by Crippen LogP contribution is 2.15. The minimum atomic E-state index is 0.270. The zero-order valence-electron chi connectivity index (χ0n) is 13.7. The zero-order valence-corrected chi connectivity index (χ0v) is 13.7. The van der Waals surface area contributed by atoms with Crippen LogP contribution in [0.3, 0.4) is 0 Å². The molecule has 0 radical (unpaired) electrons. The quantitative estimate of drug-likeness (QED) is 0.493. The fourth-order valence-electron chi connectivity index (χ4n) is 2.42. The Labute approximate surface area is 147 Å². The molecule has 0 bridgehead atoms. The number of rotatable bonds is 5. The van der Waals surface area contributed by atoms with Crippen LogP contribution in [0.2, 0.25) is 0 Å². The van der Waals surface area contributed by atoms with Gasteiger partial charge in [0.15, 0.2) is 0 Å². The van der Waals surface area contributed by atoms with Crippen molar-refractivity contribution in [2.45, 2.75) is 0 Å². The van der Waals surface area contributed by atoms with Gasteiger partial charge in [0.2, 0.25) is 0 Å².